The SMILES string of the molecule is O=C(O)C(Cc1ccc(S(=O)(=O)O)o1)C(=O)O. The van der Waals surface area contributed by atoms with E-state index in [1.54, 1.807) is 0 Å². The van der Waals surface area contributed by atoms with Crippen molar-refractivity contribution in [3.05, 3.63) is 17.9 Å². The number of aliphatic carboxylic acids is 2. The number of hydrogen-bond donors (Lipinski definition) is 3. The molecule has 0 amide bonds. The smallest absolute Gasteiger partial charge is 0.328 e. The molecule has 0 saturated carbocycles. The van der Waals surface area contributed by atoms with Crippen molar-refractivity contribution in [3.63, 3.8) is 0 Å². The molecular formula is C8H8O8S. The van der Waals surface area contributed by atoms with Crippen LogP contribution < -0.4 is 0 Å². The summed E-state index contributed by atoms with van der Waals surface area (Å²) >= 11 is 0. The number of furan rings is 1. The van der Waals surface area contributed by atoms with Gasteiger partial charge in [0.05, 0.1) is 0 Å². The van der Waals surface area contributed by atoms with Gasteiger partial charge in [-0.1, -0.05) is 0 Å². The fourth-order valence-corrected chi connectivity index (χ4v) is 1.54. The van der Waals surface area contributed by atoms with Crippen LogP contribution in [0.2, 0.25) is 0 Å². The Balaban J connectivity index is 2.93. The summed E-state index contributed by atoms with van der Waals surface area (Å²) in [5.41, 5.74) is 0. The van der Waals surface area contributed by atoms with E-state index in [4.69, 9.17) is 14.8 Å². The monoisotopic (exact) mass is 264 g/mol. The maximum Gasteiger partial charge on any atom is 0.328 e. The van der Waals surface area contributed by atoms with Crippen LogP contribution in [0.5, 0.6) is 0 Å². The summed E-state index contributed by atoms with van der Waals surface area (Å²) in [7, 11) is -4.52. The van der Waals surface area contributed by atoms with E-state index in [-0.39, 0.29) is 5.76 Å². The molecule has 1 heterocycles. The number of carbonyl (C=O) groups is 2. The first kappa shape index (κ1) is 13.2. The summed E-state index contributed by atoms with van der Waals surface area (Å²) in [6.07, 6.45) is -0.514. The topological polar surface area (TPSA) is 142 Å². The highest BCUT2D eigenvalue weighted by molar-refractivity contribution is 7.85. The minimum Gasteiger partial charge on any atom is -0.481 e. The van der Waals surface area contributed by atoms with Crippen molar-refractivity contribution in [2.75, 3.05) is 0 Å². The summed E-state index contributed by atoms with van der Waals surface area (Å²) in [5, 5.41) is 16.4. The summed E-state index contributed by atoms with van der Waals surface area (Å²) < 4.78 is 34.5. The van der Waals surface area contributed by atoms with E-state index in [2.05, 4.69) is 4.42 Å². The molecule has 3 N–H and O–H groups in total. The second kappa shape index (κ2) is 4.55. The molecule has 0 atom stereocenters. The summed E-state index contributed by atoms with van der Waals surface area (Å²) in [4.78, 5) is 21.1. The van der Waals surface area contributed by atoms with Crippen LogP contribution in [0.3, 0.4) is 0 Å². The van der Waals surface area contributed by atoms with Crippen molar-refractivity contribution in [1.29, 1.82) is 0 Å². The minimum atomic E-state index is -4.52. The normalized spacial score (nSPS) is 11.6. The van der Waals surface area contributed by atoms with E-state index in [1.165, 1.54) is 0 Å². The van der Waals surface area contributed by atoms with Gasteiger partial charge in [0.15, 0.2) is 5.92 Å². The Morgan fingerprint density at radius 2 is 1.76 bits per heavy atom. The number of carboxylic acids is 2. The zero-order valence-electron chi connectivity index (χ0n) is 8.23. The molecular weight excluding hydrogens is 256 g/mol. The molecule has 0 radical (unpaired) electrons. The molecule has 1 rings (SSSR count). The van der Waals surface area contributed by atoms with Gasteiger partial charge in [0.2, 0.25) is 5.09 Å². The summed E-state index contributed by atoms with van der Waals surface area (Å²) in [5.74, 6) is -5.03. The average Bonchev–Trinajstić information content (AvgIpc) is 2.60. The van der Waals surface area contributed by atoms with Gasteiger partial charge in [0.25, 0.3) is 0 Å². The lowest BCUT2D eigenvalue weighted by atomic mass is 10.1. The molecule has 0 saturated heterocycles. The molecule has 0 bridgehead atoms. The van der Waals surface area contributed by atoms with Gasteiger partial charge in [-0.15, -0.1) is 0 Å². The minimum absolute atomic E-state index is 0.160. The molecule has 0 fully saturated rings. The van der Waals surface area contributed by atoms with Crippen molar-refractivity contribution in [1.82, 2.24) is 0 Å². The molecule has 17 heavy (non-hydrogen) atoms. The third kappa shape index (κ3) is 3.29. The zero-order chi connectivity index (χ0) is 13.2. The Bertz CT molecular complexity index is 526. The van der Waals surface area contributed by atoms with E-state index in [9.17, 15) is 18.0 Å². The number of rotatable bonds is 5. The Hall–Kier alpha value is -1.87. The van der Waals surface area contributed by atoms with Gasteiger partial charge in [-0.25, -0.2) is 0 Å². The molecule has 1 aromatic rings. The molecule has 0 aliphatic rings. The van der Waals surface area contributed by atoms with E-state index in [0.29, 0.717) is 0 Å². The van der Waals surface area contributed by atoms with Crippen molar-refractivity contribution >= 4 is 22.1 Å². The van der Waals surface area contributed by atoms with E-state index in [1.807, 2.05) is 0 Å². The lowest BCUT2D eigenvalue weighted by molar-refractivity contribution is -0.154. The molecule has 0 aromatic carbocycles. The summed E-state index contributed by atoms with van der Waals surface area (Å²) in [6.45, 7) is 0. The van der Waals surface area contributed by atoms with Crippen molar-refractivity contribution < 1.29 is 37.2 Å². The lowest BCUT2D eigenvalue weighted by Crippen LogP contribution is -2.25. The predicted octanol–water partition coefficient (Wildman–Crippen LogP) is -0.146. The third-order valence-electron chi connectivity index (χ3n) is 1.89. The van der Waals surface area contributed by atoms with E-state index in [0.717, 1.165) is 12.1 Å². The molecule has 94 valence electrons. The van der Waals surface area contributed by atoms with Gasteiger partial charge in [-0.05, 0) is 12.1 Å². The molecule has 9 heteroatoms. The van der Waals surface area contributed by atoms with E-state index < -0.39 is 39.5 Å². The standard InChI is InChI=1S/C8H8O8S/c9-7(10)5(8(11)12)3-4-1-2-6(16-4)17(13,14)15/h1-2,5H,3H2,(H,9,10)(H,11,12)(H,13,14,15). The van der Waals surface area contributed by atoms with Gasteiger partial charge in [-0.3, -0.25) is 14.1 Å². The van der Waals surface area contributed by atoms with Gasteiger partial charge >= 0.3 is 22.1 Å². The molecule has 0 aliphatic heterocycles. The van der Waals surface area contributed by atoms with Gasteiger partial charge in [0.1, 0.15) is 5.76 Å². The fraction of sp³-hybridized carbons (Fsp3) is 0.250. The van der Waals surface area contributed by atoms with Crippen LogP contribution in [0.25, 0.3) is 0 Å². The quantitative estimate of drug-likeness (QED) is 0.492. The lowest BCUT2D eigenvalue weighted by Gasteiger charge is -2.03. The number of hydrogen-bond acceptors (Lipinski definition) is 5. The van der Waals surface area contributed by atoms with Crippen LogP contribution in [0.15, 0.2) is 21.6 Å². The van der Waals surface area contributed by atoms with Crippen LogP contribution in [0, 0.1) is 5.92 Å². The largest absolute Gasteiger partial charge is 0.481 e. The summed E-state index contributed by atoms with van der Waals surface area (Å²) in [6, 6.07) is 1.99. The molecule has 0 spiro atoms. The Labute approximate surface area is 95.2 Å². The van der Waals surface area contributed by atoms with Crippen LogP contribution in [0.1, 0.15) is 5.76 Å². The van der Waals surface area contributed by atoms with Gasteiger partial charge in [0, 0.05) is 6.42 Å². The second-order valence-corrected chi connectivity index (χ2v) is 4.48. The maximum absolute atomic E-state index is 10.6. The van der Waals surface area contributed by atoms with Crippen LogP contribution >= 0.6 is 0 Å². The highest BCUT2D eigenvalue weighted by Gasteiger charge is 2.28. The van der Waals surface area contributed by atoms with Crippen LogP contribution in [-0.4, -0.2) is 35.1 Å². The zero-order valence-corrected chi connectivity index (χ0v) is 9.05. The first-order valence-electron chi connectivity index (χ1n) is 4.23. The Kier molecular flexibility index (Phi) is 3.53. The Morgan fingerprint density at radius 3 is 2.12 bits per heavy atom. The molecule has 0 unspecified atom stereocenters. The van der Waals surface area contributed by atoms with Crippen LogP contribution in [0.4, 0.5) is 0 Å². The molecule has 1 aromatic heterocycles. The second-order valence-electron chi connectivity index (χ2n) is 3.13. The highest BCUT2D eigenvalue weighted by Crippen LogP contribution is 2.17. The third-order valence-corrected chi connectivity index (χ3v) is 2.62. The first-order valence-corrected chi connectivity index (χ1v) is 5.67. The first-order chi connectivity index (χ1) is 7.71. The van der Waals surface area contributed by atoms with E-state index >= 15 is 0 Å². The van der Waals surface area contributed by atoms with Crippen molar-refractivity contribution in [3.8, 4) is 0 Å². The molecule has 0 aliphatic carbocycles. The van der Waals surface area contributed by atoms with Crippen molar-refractivity contribution in [2.24, 2.45) is 5.92 Å². The fourth-order valence-electron chi connectivity index (χ4n) is 1.09. The van der Waals surface area contributed by atoms with Gasteiger partial charge < -0.3 is 14.6 Å². The maximum atomic E-state index is 10.6. The highest BCUT2D eigenvalue weighted by atomic mass is 32.2. The van der Waals surface area contributed by atoms with Crippen molar-refractivity contribution in [2.45, 2.75) is 11.5 Å². The van der Waals surface area contributed by atoms with Crippen LogP contribution in [-0.2, 0) is 26.1 Å². The average molecular weight is 264 g/mol. The number of carboxylic acid groups (broad SMARTS) is 2. The van der Waals surface area contributed by atoms with Gasteiger partial charge in [-0.2, -0.15) is 8.42 Å². The Morgan fingerprint density at radius 1 is 1.24 bits per heavy atom. The molecule has 8 nitrogen and oxygen atoms in total. The predicted molar refractivity (Wildman–Crippen MR) is 51.0 cm³/mol.